The van der Waals surface area contributed by atoms with E-state index >= 15 is 4.39 Å². The fourth-order valence-corrected chi connectivity index (χ4v) is 4.31. The van der Waals surface area contributed by atoms with Gasteiger partial charge in [0.15, 0.2) is 5.75 Å². The van der Waals surface area contributed by atoms with Crippen molar-refractivity contribution < 1.29 is 31.9 Å². The highest BCUT2D eigenvalue weighted by molar-refractivity contribution is 7.92. The van der Waals surface area contributed by atoms with E-state index in [4.69, 9.17) is 9.47 Å². The molecule has 0 atom stereocenters. The Morgan fingerprint density at radius 3 is 2.26 bits per heavy atom. The first-order chi connectivity index (χ1) is 19.3. The summed E-state index contributed by atoms with van der Waals surface area (Å²) in [4.78, 5) is 25.5. The molecular formula is C28H37FN6O6S. The molecule has 2 amide bonds. The summed E-state index contributed by atoms with van der Waals surface area (Å²) in [6, 6.07) is 5.77. The van der Waals surface area contributed by atoms with Gasteiger partial charge in [0.25, 0.3) is 11.8 Å². The number of anilines is 2. The fraction of sp³-hybridized carbons (Fsp3) is 0.429. The standard InChI is InChI=1S/C28H37FN6O6S/c1-16-19(29)10-17(11-22(16)35-14-23(32-34-35)41-26(37)30-15-27(2,3)4)25(36)31-20-12-18(28(5,6)7)13-21(24(20)40-8)33-42(9,38)39/h10-14,33H,15H2,1-9H3,(H,30,37)(H,31,36). The molecule has 0 aliphatic heterocycles. The number of methoxy groups -OCH3 is 1. The maximum Gasteiger partial charge on any atom is 0.414 e. The van der Waals surface area contributed by atoms with Crippen molar-refractivity contribution in [3.05, 3.63) is 53.0 Å². The summed E-state index contributed by atoms with van der Waals surface area (Å²) in [5, 5.41) is 13.1. The van der Waals surface area contributed by atoms with Gasteiger partial charge in [0.1, 0.15) is 5.82 Å². The van der Waals surface area contributed by atoms with Crippen LogP contribution in [0.4, 0.5) is 20.6 Å². The minimum absolute atomic E-state index is 0.0603. The number of ether oxygens (including phenoxy) is 2. The SMILES string of the molecule is COc1c(NC(=O)c2cc(F)c(C)c(-n3cc(OC(=O)NCC(C)(C)C)nn3)c2)cc(C(C)(C)C)cc1NS(C)(=O)=O. The molecule has 3 rings (SSSR count). The molecule has 3 N–H and O–H groups in total. The second-order valence-corrected chi connectivity index (χ2v) is 13.8. The molecule has 0 aliphatic rings. The number of hydrogen-bond acceptors (Lipinski definition) is 8. The van der Waals surface area contributed by atoms with Crippen molar-refractivity contribution >= 4 is 33.4 Å². The Bertz CT molecular complexity index is 1610. The first-order valence-corrected chi connectivity index (χ1v) is 14.9. The largest absolute Gasteiger partial charge is 0.492 e. The van der Waals surface area contributed by atoms with E-state index < -0.39 is 33.3 Å². The maximum atomic E-state index is 15.0. The van der Waals surface area contributed by atoms with E-state index in [9.17, 15) is 18.0 Å². The van der Waals surface area contributed by atoms with E-state index in [1.165, 1.54) is 31.0 Å². The van der Waals surface area contributed by atoms with Gasteiger partial charge in [-0.05, 0) is 47.6 Å². The van der Waals surface area contributed by atoms with E-state index in [0.717, 1.165) is 12.3 Å². The zero-order valence-electron chi connectivity index (χ0n) is 25.2. The van der Waals surface area contributed by atoms with Crippen molar-refractivity contribution in [1.82, 2.24) is 20.3 Å². The van der Waals surface area contributed by atoms with E-state index in [2.05, 4.69) is 25.7 Å². The molecule has 3 aromatic rings. The Kier molecular flexibility index (Phi) is 9.20. The molecule has 228 valence electrons. The van der Waals surface area contributed by atoms with Crippen LogP contribution in [0.15, 0.2) is 30.5 Å². The summed E-state index contributed by atoms with van der Waals surface area (Å²) in [6.07, 6.45) is 1.58. The van der Waals surface area contributed by atoms with E-state index in [0.29, 0.717) is 12.1 Å². The van der Waals surface area contributed by atoms with Crippen molar-refractivity contribution in [2.45, 2.75) is 53.9 Å². The Morgan fingerprint density at radius 1 is 1.05 bits per heavy atom. The number of benzene rings is 2. The molecule has 1 heterocycles. The van der Waals surface area contributed by atoms with Gasteiger partial charge in [0, 0.05) is 17.7 Å². The Labute approximate surface area is 245 Å². The molecular weight excluding hydrogens is 567 g/mol. The lowest BCUT2D eigenvalue weighted by atomic mass is 9.86. The minimum Gasteiger partial charge on any atom is -0.492 e. The second-order valence-electron chi connectivity index (χ2n) is 12.1. The molecule has 12 nitrogen and oxygen atoms in total. The van der Waals surface area contributed by atoms with Crippen LogP contribution in [0.1, 0.15) is 63.0 Å². The predicted octanol–water partition coefficient (Wildman–Crippen LogP) is 4.78. The van der Waals surface area contributed by atoms with Crippen LogP contribution in [0.25, 0.3) is 5.69 Å². The minimum atomic E-state index is -3.67. The average Bonchev–Trinajstić information content (AvgIpc) is 3.30. The van der Waals surface area contributed by atoms with E-state index in [1.54, 1.807) is 12.1 Å². The molecule has 0 spiro atoms. The molecule has 0 bridgehead atoms. The van der Waals surface area contributed by atoms with Crippen LogP contribution in [0.5, 0.6) is 11.6 Å². The Balaban J connectivity index is 1.95. The van der Waals surface area contributed by atoms with E-state index in [1.807, 2.05) is 41.5 Å². The monoisotopic (exact) mass is 604 g/mol. The highest BCUT2D eigenvalue weighted by atomic mass is 32.2. The molecule has 0 unspecified atom stereocenters. The fourth-order valence-electron chi connectivity index (χ4n) is 3.76. The molecule has 0 saturated carbocycles. The first kappa shape index (κ1) is 32.3. The number of rotatable bonds is 8. The molecule has 2 aromatic carbocycles. The number of carbonyl (C=O) groups is 2. The van der Waals surface area contributed by atoms with Crippen molar-refractivity contribution in [2.75, 3.05) is 29.9 Å². The summed E-state index contributed by atoms with van der Waals surface area (Å²) in [5.41, 5.74) is 0.758. The van der Waals surface area contributed by atoms with Gasteiger partial charge in [-0.15, -0.1) is 0 Å². The highest BCUT2D eigenvalue weighted by Gasteiger charge is 2.24. The summed E-state index contributed by atoms with van der Waals surface area (Å²) in [7, 11) is -2.34. The lowest BCUT2D eigenvalue weighted by Gasteiger charge is -2.24. The molecule has 42 heavy (non-hydrogen) atoms. The van der Waals surface area contributed by atoms with Gasteiger partial charge in [-0.1, -0.05) is 51.9 Å². The third kappa shape index (κ3) is 8.41. The summed E-state index contributed by atoms with van der Waals surface area (Å²) >= 11 is 0. The number of nitrogens with one attached hydrogen (secondary N) is 3. The quantitative estimate of drug-likeness (QED) is 0.332. The third-order valence-corrected chi connectivity index (χ3v) is 6.55. The normalized spacial score (nSPS) is 12.0. The van der Waals surface area contributed by atoms with Gasteiger partial charge in [0.2, 0.25) is 10.0 Å². The number of hydrogen-bond donors (Lipinski definition) is 3. The number of nitrogens with zero attached hydrogens (tertiary/aromatic N) is 3. The number of amides is 2. The van der Waals surface area contributed by atoms with E-state index in [-0.39, 0.29) is 45.2 Å². The smallest absolute Gasteiger partial charge is 0.414 e. The molecule has 0 fully saturated rings. The Morgan fingerprint density at radius 2 is 1.69 bits per heavy atom. The highest BCUT2D eigenvalue weighted by Crippen LogP contribution is 2.39. The zero-order chi connectivity index (χ0) is 31.6. The van der Waals surface area contributed by atoms with Gasteiger partial charge in [0.05, 0.1) is 36.6 Å². The van der Waals surface area contributed by atoms with Crippen molar-refractivity contribution in [3.8, 4) is 17.3 Å². The average molecular weight is 605 g/mol. The number of halogens is 1. The summed E-state index contributed by atoms with van der Waals surface area (Å²) < 4.78 is 53.3. The molecule has 14 heteroatoms. The third-order valence-electron chi connectivity index (χ3n) is 5.96. The zero-order valence-corrected chi connectivity index (χ0v) is 26.0. The predicted molar refractivity (Wildman–Crippen MR) is 158 cm³/mol. The molecule has 0 radical (unpaired) electrons. The molecule has 1 aromatic heterocycles. The lowest BCUT2D eigenvalue weighted by molar-refractivity contribution is 0.102. The Hall–Kier alpha value is -4.20. The van der Waals surface area contributed by atoms with Crippen LogP contribution in [-0.2, 0) is 15.4 Å². The number of carbonyl (C=O) groups excluding carboxylic acids is 2. The van der Waals surface area contributed by atoms with Crippen LogP contribution in [0.2, 0.25) is 0 Å². The van der Waals surface area contributed by atoms with Crippen molar-refractivity contribution in [3.63, 3.8) is 0 Å². The van der Waals surface area contributed by atoms with Crippen LogP contribution < -0.4 is 24.8 Å². The van der Waals surface area contributed by atoms with Gasteiger partial charge in [-0.2, -0.15) is 0 Å². The maximum absolute atomic E-state index is 15.0. The van der Waals surface area contributed by atoms with Crippen LogP contribution in [0.3, 0.4) is 0 Å². The summed E-state index contributed by atoms with van der Waals surface area (Å²) in [5.74, 6) is -1.42. The molecule has 0 saturated heterocycles. The van der Waals surface area contributed by atoms with Crippen molar-refractivity contribution in [1.29, 1.82) is 0 Å². The molecule has 0 aliphatic carbocycles. The second kappa shape index (κ2) is 12.0. The topological polar surface area (TPSA) is 154 Å². The number of aromatic nitrogens is 3. The van der Waals surface area contributed by atoms with Gasteiger partial charge in [-0.25, -0.2) is 22.3 Å². The first-order valence-electron chi connectivity index (χ1n) is 13.0. The summed E-state index contributed by atoms with van der Waals surface area (Å²) in [6.45, 7) is 13.5. The van der Waals surface area contributed by atoms with Crippen LogP contribution >= 0.6 is 0 Å². The van der Waals surface area contributed by atoms with Gasteiger partial charge < -0.3 is 20.1 Å². The number of sulfonamides is 1. The van der Waals surface area contributed by atoms with Crippen LogP contribution in [-0.4, -0.2) is 55.3 Å². The lowest BCUT2D eigenvalue weighted by Crippen LogP contribution is -2.34. The van der Waals surface area contributed by atoms with Gasteiger partial charge >= 0.3 is 6.09 Å². The van der Waals surface area contributed by atoms with Crippen molar-refractivity contribution in [2.24, 2.45) is 5.41 Å². The van der Waals surface area contributed by atoms with Crippen LogP contribution in [0, 0.1) is 18.2 Å². The van der Waals surface area contributed by atoms with Gasteiger partial charge in [-0.3, -0.25) is 9.52 Å².